The maximum absolute atomic E-state index is 3.52. The van der Waals surface area contributed by atoms with E-state index in [1.807, 2.05) is 0 Å². The monoisotopic (exact) mass is 161 g/mol. The van der Waals surface area contributed by atoms with Gasteiger partial charge >= 0.3 is 0 Å². The van der Waals surface area contributed by atoms with Crippen molar-refractivity contribution in [3.63, 3.8) is 0 Å². The third kappa shape index (κ3) is 0.927. The highest BCUT2D eigenvalue weighted by Crippen LogP contribution is 2.37. The minimum Gasteiger partial charge on any atom is -0.382 e. The Morgan fingerprint density at radius 3 is 2.67 bits per heavy atom. The van der Waals surface area contributed by atoms with Gasteiger partial charge in [-0.05, 0) is 25.0 Å². The van der Waals surface area contributed by atoms with Gasteiger partial charge in [0.15, 0.2) is 0 Å². The Bertz CT molecular complexity index is 304. The molecule has 1 heteroatoms. The average Bonchev–Trinajstić information content (AvgIpc) is 2.32. The Balaban J connectivity index is 2.53. The number of anilines is 1. The van der Waals surface area contributed by atoms with Gasteiger partial charge in [0.25, 0.3) is 0 Å². The minimum absolute atomic E-state index is 0.584. The highest BCUT2D eigenvalue weighted by Gasteiger charge is 2.25. The van der Waals surface area contributed by atoms with Crippen molar-refractivity contribution in [1.29, 1.82) is 0 Å². The van der Waals surface area contributed by atoms with Crippen LogP contribution in [0.3, 0.4) is 0 Å². The van der Waals surface area contributed by atoms with Crippen LogP contribution in [-0.4, -0.2) is 6.04 Å². The number of benzene rings is 1. The van der Waals surface area contributed by atoms with Crippen LogP contribution in [0.25, 0.3) is 0 Å². The summed E-state index contributed by atoms with van der Waals surface area (Å²) in [4.78, 5) is 0. The molecule has 1 heterocycles. The van der Waals surface area contributed by atoms with Crippen LogP contribution in [0.15, 0.2) is 18.2 Å². The van der Waals surface area contributed by atoms with E-state index in [2.05, 4.69) is 44.3 Å². The molecule has 0 saturated heterocycles. The summed E-state index contributed by atoms with van der Waals surface area (Å²) in [7, 11) is 0. The van der Waals surface area contributed by atoms with Crippen molar-refractivity contribution in [1.82, 2.24) is 0 Å². The summed E-state index contributed by atoms with van der Waals surface area (Å²) in [5, 5.41) is 3.52. The lowest BCUT2D eigenvalue weighted by molar-refractivity contribution is 0.690. The summed E-state index contributed by atoms with van der Waals surface area (Å²) in [5.41, 5.74) is 4.20. The van der Waals surface area contributed by atoms with Crippen LogP contribution in [0, 0.1) is 6.92 Å². The first-order valence-corrected chi connectivity index (χ1v) is 4.56. The molecule has 0 amide bonds. The molecule has 2 atom stereocenters. The van der Waals surface area contributed by atoms with E-state index in [-0.39, 0.29) is 0 Å². The number of fused-ring (bicyclic) bond motifs is 1. The highest BCUT2D eigenvalue weighted by atomic mass is 15.0. The van der Waals surface area contributed by atoms with Gasteiger partial charge < -0.3 is 5.32 Å². The van der Waals surface area contributed by atoms with Gasteiger partial charge in [-0.3, -0.25) is 0 Å². The number of hydrogen-bond acceptors (Lipinski definition) is 1. The van der Waals surface area contributed by atoms with Gasteiger partial charge in [-0.2, -0.15) is 0 Å². The van der Waals surface area contributed by atoms with Crippen LogP contribution in [-0.2, 0) is 0 Å². The van der Waals surface area contributed by atoms with Crippen LogP contribution < -0.4 is 5.32 Å². The predicted molar refractivity (Wildman–Crippen MR) is 52.7 cm³/mol. The van der Waals surface area contributed by atoms with E-state index in [0.29, 0.717) is 12.0 Å². The number of nitrogens with one attached hydrogen (secondary N) is 1. The molecular formula is C11H15N. The Morgan fingerprint density at radius 2 is 2.00 bits per heavy atom. The van der Waals surface area contributed by atoms with E-state index in [4.69, 9.17) is 0 Å². The maximum Gasteiger partial charge on any atom is 0.0408 e. The van der Waals surface area contributed by atoms with E-state index < -0.39 is 0 Å². The largest absolute Gasteiger partial charge is 0.382 e. The van der Waals surface area contributed by atoms with Crippen molar-refractivity contribution < 1.29 is 0 Å². The topological polar surface area (TPSA) is 12.0 Å². The lowest BCUT2D eigenvalue weighted by Gasteiger charge is -2.08. The smallest absolute Gasteiger partial charge is 0.0408 e. The van der Waals surface area contributed by atoms with Gasteiger partial charge in [0.05, 0.1) is 0 Å². The standard InChI is InChI=1S/C11H15N/c1-7-5-4-6-10-8(2)9(3)12-11(7)10/h4-6,8-9,12H,1-3H3. The molecule has 1 aliphatic heterocycles. The molecule has 1 aromatic carbocycles. The van der Waals surface area contributed by atoms with Crippen molar-refractivity contribution in [3.05, 3.63) is 29.3 Å². The average molecular weight is 161 g/mol. The Morgan fingerprint density at radius 1 is 1.25 bits per heavy atom. The fraction of sp³-hybridized carbons (Fsp3) is 0.455. The zero-order valence-electron chi connectivity index (χ0n) is 7.89. The summed E-state index contributed by atoms with van der Waals surface area (Å²) >= 11 is 0. The zero-order valence-corrected chi connectivity index (χ0v) is 7.89. The molecule has 0 spiro atoms. The second-order valence-corrected chi connectivity index (χ2v) is 3.76. The fourth-order valence-corrected chi connectivity index (χ4v) is 1.89. The van der Waals surface area contributed by atoms with Crippen LogP contribution in [0.1, 0.15) is 30.9 Å². The molecule has 0 aliphatic carbocycles. The van der Waals surface area contributed by atoms with E-state index >= 15 is 0 Å². The summed E-state index contributed by atoms with van der Waals surface area (Å²) in [5.74, 6) is 0.653. The van der Waals surface area contributed by atoms with Crippen LogP contribution >= 0.6 is 0 Å². The molecule has 1 nitrogen and oxygen atoms in total. The summed E-state index contributed by atoms with van der Waals surface area (Å²) in [6.07, 6.45) is 0. The van der Waals surface area contributed by atoms with Gasteiger partial charge in [0.1, 0.15) is 0 Å². The molecule has 2 rings (SSSR count). The molecule has 12 heavy (non-hydrogen) atoms. The molecule has 2 unspecified atom stereocenters. The lowest BCUT2D eigenvalue weighted by Crippen LogP contribution is -2.12. The molecule has 0 bridgehead atoms. The van der Waals surface area contributed by atoms with Crippen molar-refractivity contribution in [3.8, 4) is 0 Å². The van der Waals surface area contributed by atoms with Crippen LogP contribution in [0.4, 0.5) is 5.69 Å². The molecule has 0 fully saturated rings. The lowest BCUT2D eigenvalue weighted by atomic mass is 9.97. The first kappa shape index (κ1) is 7.66. The Kier molecular flexibility index (Phi) is 1.60. The summed E-state index contributed by atoms with van der Waals surface area (Å²) < 4.78 is 0. The van der Waals surface area contributed by atoms with Gasteiger partial charge in [-0.25, -0.2) is 0 Å². The maximum atomic E-state index is 3.52. The van der Waals surface area contributed by atoms with E-state index in [9.17, 15) is 0 Å². The minimum atomic E-state index is 0.584. The molecule has 0 aromatic heterocycles. The molecule has 1 N–H and O–H groups in total. The Labute approximate surface area is 73.8 Å². The van der Waals surface area contributed by atoms with Gasteiger partial charge in [0, 0.05) is 17.6 Å². The van der Waals surface area contributed by atoms with Gasteiger partial charge in [-0.1, -0.05) is 25.1 Å². The molecule has 1 aromatic rings. The number of para-hydroxylation sites is 1. The number of aryl methyl sites for hydroxylation is 1. The van der Waals surface area contributed by atoms with E-state index in [1.165, 1.54) is 16.8 Å². The van der Waals surface area contributed by atoms with Crippen LogP contribution in [0.5, 0.6) is 0 Å². The fourth-order valence-electron chi connectivity index (χ4n) is 1.89. The van der Waals surface area contributed by atoms with Crippen molar-refractivity contribution in [2.75, 3.05) is 5.32 Å². The molecule has 0 saturated carbocycles. The van der Waals surface area contributed by atoms with Crippen LogP contribution in [0.2, 0.25) is 0 Å². The zero-order chi connectivity index (χ0) is 8.72. The third-order valence-corrected chi connectivity index (χ3v) is 2.92. The summed E-state index contributed by atoms with van der Waals surface area (Å²) in [6, 6.07) is 7.12. The molecule has 64 valence electrons. The van der Waals surface area contributed by atoms with E-state index in [0.717, 1.165) is 0 Å². The highest BCUT2D eigenvalue weighted by molar-refractivity contribution is 5.63. The SMILES string of the molecule is Cc1cccc2c1NC(C)C2C. The molecular weight excluding hydrogens is 146 g/mol. The molecule has 1 aliphatic rings. The Hall–Kier alpha value is -0.980. The second-order valence-electron chi connectivity index (χ2n) is 3.76. The normalized spacial score (nSPS) is 26.6. The van der Waals surface area contributed by atoms with Crippen molar-refractivity contribution in [2.45, 2.75) is 32.7 Å². The quantitative estimate of drug-likeness (QED) is 0.617. The molecule has 0 radical (unpaired) electrons. The van der Waals surface area contributed by atoms with Crippen molar-refractivity contribution >= 4 is 5.69 Å². The third-order valence-electron chi connectivity index (χ3n) is 2.92. The van der Waals surface area contributed by atoms with Gasteiger partial charge in [-0.15, -0.1) is 0 Å². The van der Waals surface area contributed by atoms with Gasteiger partial charge in [0.2, 0.25) is 0 Å². The second kappa shape index (κ2) is 2.51. The van der Waals surface area contributed by atoms with Crippen molar-refractivity contribution in [2.24, 2.45) is 0 Å². The summed E-state index contributed by atoms with van der Waals surface area (Å²) in [6.45, 7) is 6.68. The predicted octanol–water partition coefficient (Wildman–Crippen LogP) is 2.91. The number of hydrogen-bond donors (Lipinski definition) is 1. The first-order chi connectivity index (χ1) is 5.70. The van der Waals surface area contributed by atoms with E-state index in [1.54, 1.807) is 0 Å². The first-order valence-electron chi connectivity index (χ1n) is 4.56. The number of rotatable bonds is 0.